The van der Waals surface area contributed by atoms with E-state index < -0.39 is 45.8 Å². The van der Waals surface area contributed by atoms with Crippen LogP contribution in [0.15, 0.2) is 36.4 Å². The van der Waals surface area contributed by atoms with Gasteiger partial charge in [0, 0.05) is 18.6 Å². The van der Waals surface area contributed by atoms with Gasteiger partial charge in [0.05, 0.1) is 10.5 Å². The summed E-state index contributed by atoms with van der Waals surface area (Å²) in [6.07, 6.45) is -0.531. The number of benzene rings is 2. The summed E-state index contributed by atoms with van der Waals surface area (Å²) in [5.41, 5.74) is -1.15. The lowest BCUT2D eigenvalue weighted by Gasteiger charge is -2.04. The smallest absolute Gasteiger partial charge is 0.280 e. The van der Waals surface area contributed by atoms with Gasteiger partial charge in [-0.3, -0.25) is 14.9 Å². The Morgan fingerprint density at radius 3 is 2.29 bits per heavy atom. The molecular formula is C14H8F3NO3. The van der Waals surface area contributed by atoms with Crippen molar-refractivity contribution < 1.29 is 22.9 Å². The highest BCUT2D eigenvalue weighted by Gasteiger charge is 2.22. The first-order chi connectivity index (χ1) is 9.88. The number of carbonyl (C=O) groups excluding carboxylic acids is 1. The molecule has 0 saturated heterocycles. The molecule has 0 spiro atoms. The minimum Gasteiger partial charge on any atom is -0.294 e. The second-order valence-electron chi connectivity index (χ2n) is 4.25. The Kier molecular flexibility index (Phi) is 4.02. The van der Waals surface area contributed by atoms with Crippen LogP contribution >= 0.6 is 0 Å². The van der Waals surface area contributed by atoms with Crippen molar-refractivity contribution in [2.75, 3.05) is 0 Å². The van der Waals surface area contributed by atoms with Crippen LogP contribution in [-0.4, -0.2) is 10.7 Å². The number of ketones is 1. The molecule has 0 amide bonds. The van der Waals surface area contributed by atoms with Crippen LogP contribution in [0.3, 0.4) is 0 Å². The second-order valence-corrected chi connectivity index (χ2v) is 4.25. The standard InChI is InChI=1S/C14H8F3NO3/c15-9-3-4-13(18(20)21)11(6-9)14(19)5-8-1-2-10(16)7-12(8)17/h1-4,6-7H,5H2. The molecule has 0 fully saturated rings. The van der Waals surface area contributed by atoms with E-state index in [9.17, 15) is 28.1 Å². The SMILES string of the molecule is O=C(Cc1ccc(F)cc1F)c1cc(F)ccc1[N+](=O)[O-]. The quantitative estimate of drug-likeness (QED) is 0.493. The maximum absolute atomic E-state index is 13.5. The summed E-state index contributed by atoms with van der Waals surface area (Å²) in [5, 5.41) is 10.8. The molecule has 2 aromatic rings. The summed E-state index contributed by atoms with van der Waals surface area (Å²) in [6, 6.07) is 5.07. The van der Waals surface area contributed by atoms with Crippen molar-refractivity contribution >= 4 is 11.5 Å². The fraction of sp³-hybridized carbons (Fsp3) is 0.0714. The van der Waals surface area contributed by atoms with Crippen molar-refractivity contribution in [1.29, 1.82) is 0 Å². The van der Waals surface area contributed by atoms with E-state index in [1.165, 1.54) is 0 Å². The Hall–Kier alpha value is -2.70. The number of Topliss-reactive ketones (excluding diaryl/α,β-unsaturated/α-hetero) is 1. The molecule has 0 radical (unpaired) electrons. The molecule has 0 bridgehead atoms. The molecule has 0 aliphatic heterocycles. The molecule has 0 aromatic heterocycles. The van der Waals surface area contributed by atoms with Gasteiger partial charge in [-0.05, 0) is 23.8 Å². The summed E-state index contributed by atoms with van der Waals surface area (Å²) < 4.78 is 39.4. The number of carbonyl (C=O) groups is 1. The average Bonchev–Trinajstić information content (AvgIpc) is 2.41. The van der Waals surface area contributed by atoms with Crippen molar-refractivity contribution in [2.24, 2.45) is 0 Å². The van der Waals surface area contributed by atoms with E-state index >= 15 is 0 Å². The number of rotatable bonds is 4. The molecule has 0 aliphatic rings. The van der Waals surface area contributed by atoms with E-state index in [0.29, 0.717) is 6.07 Å². The van der Waals surface area contributed by atoms with Gasteiger partial charge < -0.3 is 0 Å². The maximum Gasteiger partial charge on any atom is 0.280 e. The van der Waals surface area contributed by atoms with E-state index in [4.69, 9.17) is 0 Å². The van der Waals surface area contributed by atoms with Crippen LogP contribution in [0, 0.1) is 27.6 Å². The Labute approximate surface area is 117 Å². The van der Waals surface area contributed by atoms with E-state index in [1.807, 2.05) is 0 Å². The van der Waals surface area contributed by atoms with Crippen LogP contribution in [0.4, 0.5) is 18.9 Å². The van der Waals surface area contributed by atoms with Gasteiger partial charge in [0.2, 0.25) is 0 Å². The van der Waals surface area contributed by atoms with Gasteiger partial charge in [0.1, 0.15) is 17.5 Å². The number of halogens is 3. The highest BCUT2D eigenvalue weighted by molar-refractivity contribution is 6.01. The average molecular weight is 295 g/mol. The first kappa shape index (κ1) is 14.7. The highest BCUT2D eigenvalue weighted by atomic mass is 19.1. The summed E-state index contributed by atoms with van der Waals surface area (Å²) in [6.45, 7) is 0. The predicted octanol–water partition coefficient (Wildman–Crippen LogP) is 3.44. The van der Waals surface area contributed by atoms with Gasteiger partial charge in [-0.15, -0.1) is 0 Å². The largest absolute Gasteiger partial charge is 0.294 e. The van der Waals surface area contributed by atoms with Crippen molar-refractivity contribution in [1.82, 2.24) is 0 Å². The fourth-order valence-corrected chi connectivity index (χ4v) is 1.82. The zero-order chi connectivity index (χ0) is 15.6. The van der Waals surface area contributed by atoms with Gasteiger partial charge in [0.15, 0.2) is 5.78 Å². The van der Waals surface area contributed by atoms with Crippen LogP contribution in [-0.2, 0) is 6.42 Å². The van der Waals surface area contributed by atoms with E-state index in [-0.39, 0.29) is 5.56 Å². The van der Waals surface area contributed by atoms with Gasteiger partial charge in [0.25, 0.3) is 5.69 Å². The van der Waals surface area contributed by atoms with Crippen LogP contribution in [0.2, 0.25) is 0 Å². The molecule has 7 heteroatoms. The minimum absolute atomic E-state index is 0.125. The summed E-state index contributed by atoms with van der Waals surface area (Å²) in [7, 11) is 0. The molecule has 0 unspecified atom stereocenters. The van der Waals surface area contributed by atoms with Gasteiger partial charge in [-0.2, -0.15) is 0 Å². The summed E-state index contributed by atoms with van der Waals surface area (Å²) >= 11 is 0. The van der Waals surface area contributed by atoms with Gasteiger partial charge in [-0.25, -0.2) is 13.2 Å². The number of nitro groups is 1. The molecule has 2 aromatic carbocycles. The number of nitro benzene ring substituents is 1. The molecule has 0 saturated carbocycles. The topological polar surface area (TPSA) is 60.2 Å². The molecule has 2 rings (SSSR count). The third kappa shape index (κ3) is 3.25. The Morgan fingerprint density at radius 2 is 1.67 bits per heavy atom. The lowest BCUT2D eigenvalue weighted by atomic mass is 10.0. The normalized spacial score (nSPS) is 10.4. The molecule has 4 nitrogen and oxygen atoms in total. The lowest BCUT2D eigenvalue weighted by Crippen LogP contribution is -2.09. The third-order valence-electron chi connectivity index (χ3n) is 2.82. The van der Waals surface area contributed by atoms with Crippen LogP contribution in [0.25, 0.3) is 0 Å². The van der Waals surface area contributed by atoms with Crippen molar-refractivity contribution in [3.8, 4) is 0 Å². The molecule has 0 atom stereocenters. The van der Waals surface area contributed by atoms with Crippen molar-refractivity contribution in [3.05, 3.63) is 75.1 Å². The summed E-state index contributed by atoms with van der Waals surface area (Å²) in [4.78, 5) is 22.0. The van der Waals surface area contributed by atoms with Crippen LogP contribution in [0.5, 0.6) is 0 Å². The fourth-order valence-electron chi connectivity index (χ4n) is 1.82. The molecule has 21 heavy (non-hydrogen) atoms. The van der Waals surface area contributed by atoms with Crippen molar-refractivity contribution in [2.45, 2.75) is 6.42 Å². The Balaban J connectivity index is 2.36. The van der Waals surface area contributed by atoms with E-state index in [2.05, 4.69) is 0 Å². The predicted molar refractivity (Wildman–Crippen MR) is 67.4 cm³/mol. The minimum atomic E-state index is -0.942. The Bertz CT molecular complexity index is 731. The van der Waals surface area contributed by atoms with Crippen LogP contribution < -0.4 is 0 Å². The maximum atomic E-state index is 13.5. The van der Waals surface area contributed by atoms with Gasteiger partial charge >= 0.3 is 0 Å². The lowest BCUT2D eigenvalue weighted by molar-refractivity contribution is -0.385. The zero-order valence-corrected chi connectivity index (χ0v) is 10.5. The monoisotopic (exact) mass is 295 g/mol. The molecule has 108 valence electrons. The second kappa shape index (κ2) is 5.74. The summed E-state index contributed by atoms with van der Waals surface area (Å²) in [5.74, 6) is -3.39. The molecular weight excluding hydrogens is 287 g/mol. The Morgan fingerprint density at radius 1 is 1.05 bits per heavy atom. The van der Waals surface area contributed by atoms with Crippen molar-refractivity contribution in [3.63, 3.8) is 0 Å². The van der Waals surface area contributed by atoms with E-state index in [1.54, 1.807) is 0 Å². The molecule has 0 heterocycles. The van der Waals surface area contributed by atoms with Gasteiger partial charge in [-0.1, -0.05) is 6.07 Å². The number of hydrogen-bond acceptors (Lipinski definition) is 3. The molecule has 0 aliphatic carbocycles. The first-order valence-corrected chi connectivity index (χ1v) is 5.79. The zero-order valence-electron chi connectivity index (χ0n) is 10.5. The highest BCUT2D eigenvalue weighted by Crippen LogP contribution is 2.22. The number of nitrogens with zero attached hydrogens (tertiary/aromatic N) is 1. The first-order valence-electron chi connectivity index (χ1n) is 5.79. The molecule has 0 N–H and O–H groups in total. The van der Waals surface area contributed by atoms with Crippen LogP contribution in [0.1, 0.15) is 15.9 Å². The number of hydrogen-bond donors (Lipinski definition) is 0. The van der Waals surface area contributed by atoms with E-state index in [0.717, 1.165) is 30.3 Å². The third-order valence-corrected chi connectivity index (χ3v) is 2.82.